The second-order valence-corrected chi connectivity index (χ2v) is 8.02. The van der Waals surface area contributed by atoms with Crippen molar-refractivity contribution < 1.29 is 10.2 Å². The second kappa shape index (κ2) is 9.92. The minimum atomic E-state index is -0.540. The van der Waals surface area contributed by atoms with Gasteiger partial charge in [0.1, 0.15) is 0 Å². The first-order chi connectivity index (χ1) is 15.2. The maximum atomic E-state index is 10.8. The molecule has 31 heavy (non-hydrogen) atoms. The van der Waals surface area contributed by atoms with Crippen molar-refractivity contribution in [2.24, 2.45) is 0 Å². The summed E-state index contributed by atoms with van der Waals surface area (Å²) < 4.78 is 2.25. The van der Waals surface area contributed by atoms with Crippen LogP contribution in [-0.2, 0) is 6.54 Å². The molecule has 4 nitrogen and oxygen atoms in total. The zero-order valence-electron chi connectivity index (χ0n) is 18.0. The highest BCUT2D eigenvalue weighted by molar-refractivity contribution is 6.04. The van der Waals surface area contributed by atoms with Crippen LogP contribution in [0.2, 0.25) is 0 Å². The Kier molecular flexibility index (Phi) is 6.82. The minimum Gasteiger partial charge on any atom is -0.396 e. The Morgan fingerprint density at radius 1 is 0.903 bits per heavy atom. The third kappa shape index (κ3) is 4.72. The van der Waals surface area contributed by atoms with Gasteiger partial charge in [0.25, 0.3) is 0 Å². The van der Waals surface area contributed by atoms with E-state index in [1.165, 1.54) is 22.1 Å². The van der Waals surface area contributed by atoms with Gasteiger partial charge in [-0.05, 0) is 43.1 Å². The highest BCUT2D eigenvalue weighted by Gasteiger charge is 2.21. The van der Waals surface area contributed by atoms with Gasteiger partial charge in [0.05, 0.1) is 18.3 Å². The van der Waals surface area contributed by atoms with Gasteiger partial charge in [-0.25, -0.2) is 0 Å². The number of nitrogens with zero attached hydrogens (tertiary/aromatic N) is 1. The van der Waals surface area contributed by atoms with E-state index in [1.807, 2.05) is 12.1 Å². The van der Waals surface area contributed by atoms with Gasteiger partial charge in [-0.1, -0.05) is 72.3 Å². The largest absolute Gasteiger partial charge is 0.396 e. The summed E-state index contributed by atoms with van der Waals surface area (Å²) in [6.45, 7) is 3.94. The molecule has 4 aromatic rings. The summed E-state index contributed by atoms with van der Waals surface area (Å²) in [6, 6.07) is 27.4. The second-order valence-electron chi connectivity index (χ2n) is 8.02. The van der Waals surface area contributed by atoms with E-state index in [0.717, 1.165) is 16.8 Å². The van der Waals surface area contributed by atoms with Crippen LogP contribution in [0.5, 0.6) is 0 Å². The first kappa shape index (κ1) is 21.3. The van der Waals surface area contributed by atoms with Gasteiger partial charge in [-0.2, -0.15) is 0 Å². The third-order valence-electron chi connectivity index (χ3n) is 5.61. The van der Waals surface area contributed by atoms with Crippen LogP contribution in [0.1, 0.15) is 12.0 Å². The predicted octanol–water partition coefficient (Wildman–Crippen LogP) is 4.62. The van der Waals surface area contributed by atoms with E-state index in [-0.39, 0.29) is 6.61 Å². The number of aryl methyl sites for hydroxylation is 1. The summed E-state index contributed by atoms with van der Waals surface area (Å²) in [4.78, 5) is 0. The molecule has 0 amide bonds. The molecule has 0 bridgehead atoms. The summed E-state index contributed by atoms with van der Waals surface area (Å²) in [5.41, 5.74) is 6.97. The number of aliphatic hydroxyl groups excluding tert-OH is 2. The molecular formula is C27H30N2O2. The van der Waals surface area contributed by atoms with E-state index in [9.17, 15) is 5.11 Å². The number of aliphatic hydroxyl groups is 2. The summed E-state index contributed by atoms with van der Waals surface area (Å²) in [6.07, 6.45) is 0.146. The van der Waals surface area contributed by atoms with Crippen LogP contribution in [0.4, 0.5) is 0 Å². The zero-order valence-corrected chi connectivity index (χ0v) is 18.0. The van der Waals surface area contributed by atoms with Crippen molar-refractivity contribution in [1.29, 1.82) is 0 Å². The predicted molar refractivity (Wildman–Crippen MR) is 128 cm³/mol. The standard InChI is InChI=1S/C27H30N2O2/c1-20-13-14-25-24(17-20)26(21-9-4-2-5-10-21)27(22-11-6-3-7-12-22)29(25)19-23(31)18-28-15-8-16-30/h2-7,9-14,17,23,28,30-31H,8,15-16,18-19H2,1H3/t23-/m0/s1. The lowest BCUT2D eigenvalue weighted by Crippen LogP contribution is -2.31. The molecular weight excluding hydrogens is 384 g/mol. The molecule has 0 saturated heterocycles. The van der Waals surface area contributed by atoms with Crippen molar-refractivity contribution in [2.75, 3.05) is 19.7 Å². The molecule has 0 radical (unpaired) electrons. The average Bonchev–Trinajstić information content (AvgIpc) is 3.11. The quantitative estimate of drug-likeness (QED) is 0.350. The smallest absolute Gasteiger partial charge is 0.0843 e. The molecule has 1 heterocycles. The van der Waals surface area contributed by atoms with Gasteiger partial charge < -0.3 is 20.1 Å². The fourth-order valence-corrected chi connectivity index (χ4v) is 4.20. The third-order valence-corrected chi connectivity index (χ3v) is 5.61. The Hall–Kier alpha value is -2.92. The molecule has 0 aliphatic carbocycles. The molecule has 3 N–H and O–H groups in total. The van der Waals surface area contributed by atoms with E-state index < -0.39 is 6.10 Å². The van der Waals surface area contributed by atoms with Gasteiger partial charge in [-0.15, -0.1) is 0 Å². The number of aromatic nitrogens is 1. The SMILES string of the molecule is Cc1ccc2c(c1)c(-c1ccccc1)c(-c1ccccc1)n2C[C@@H](O)CNCCCO. The van der Waals surface area contributed by atoms with E-state index >= 15 is 0 Å². The normalized spacial score (nSPS) is 12.4. The maximum Gasteiger partial charge on any atom is 0.0843 e. The summed E-state index contributed by atoms with van der Waals surface area (Å²) in [5.74, 6) is 0. The van der Waals surface area contributed by atoms with Gasteiger partial charge in [0.15, 0.2) is 0 Å². The minimum absolute atomic E-state index is 0.156. The van der Waals surface area contributed by atoms with E-state index in [2.05, 4.69) is 83.5 Å². The number of hydrogen-bond acceptors (Lipinski definition) is 3. The van der Waals surface area contributed by atoms with Crippen LogP contribution >= 0.6 is 0 Å². The van der Waals surface area contributed by atoms with Crippen molar-refractivity contribution >= 4 is 10.9 Å². The molecule has 4 heteroatoms. The van der Waals surface area contributed by atoms with Crippen molar-refractivity contribution in [1.82, 2.24) is 9.88 Å². The molecule has 0 spiro atoms. The van der Waals surface area contributed by atoms with Crippen LogP contribution in [0.15, 0.2) is 78.9 Å². The molecule has 0 fully saturated rings. The van der Waals surface area contributed by atoms with Crippen molar-refractivity contribution in [3.05, 3.63) is 84.4 Å². The van der Waals surface area contributed by atoms with Gasteiger partial charge in [0, 0.05) is 29.6 Å². The van der Waals surface area contributed by atoms with Crippen molar-refractivity contribution in [3.8, 4) is 22.4 Å². The monoisotopic (exact) mass is 414 g/mol. The first-order valence-electron chi connectivity index (χ1n) is 10.9. The maximum absolute atomic E-state index is 10.8. The van der Waals surface area contributed by atoms with Crippen molar-refractivity contribution in [3.63, 3.8) is 0 Å². The molecule has 0 aliphatic heterocycles. The number of fused-ring (bicyclic) bond motifs is 1. The fraction of sp³-hybridized carbons (Fsp3) is 0.259. The van der Waals surface area contributed by atoms with E-state index in [4.69, 9.17) is 5.11 Å². The summed E-state index contributed by atoms with van der Waals surface area (Å²) >= 11 is 0. The molecule has 0 aliphatic rings. The lowest BCUT2D eigenvalue weighted by atomic mass is 9.98. The molecule has 0 unspecified atom stereocenters. The van der Waals surface area contributed by atoms with E-state index in [1.54, 1.807) is 0 Å². The molecule has 3 aromatic carbocycles. The summed E-state index contributed by atoms with van der Waals surface area (Å²) in [7, 11) is 0. The summed E-state index contributed by atoms with van der Waals surface area (Å²) in [5, 5.41) is 24.2. The number of hydrogen-bond donors (Lipinski definition) is 3. The van der Waals surface area contributed by atoms with Crippen LogP contribution in [0, 0.1) is 6.92 Å². The number of rotatable bonds is 9. The molecule has 0 saturated carbocycles. The lowest BCUT2D eigenvalue weighted by Gasteiger charge is -2.17. The van der Waals surface area contributed by atoms with Crippen LogP contribution in [-0.4, -0.2) is 40.6 Å². The molecule has 160 valence electrons. The highest BCUT2D eigenvalue weighted by Crippen LogP contribution is 2.41. The van der Waals surface area contributed by atoms with Crippen molar-refractivity contribution in [2.45, 2.75) is 26.0 Å². The van der Waals surface area contributed by atoms with E-state index in [0.29, 0.717) is 26.1 Å². The molecule has 1 aromatic heterocycles. The Morgan fingerprint density at radius 3 is 2.26 bits per heavy atom. The van der Waals surface area contributed by atoms with Crippen LogP contribution < -0.4 is 5.32 Å². The van der Waals surface area contributed by atoms with Crippen LogP contribution in [0.25, 0.3) is 33.3 Å². The Balaban J connectivity index is 1.86. The number of benzene rings is 3. The average molecular weight is 415 g/mol. The zero-order chi connectivity index (χ0) is 21.6. The Bertz CT molecular complexity index is 1120. The molecule has 4 rings (SSSR count). The van der Waals surface area contributed by atoms with Crippen LogP contribution in [0.3, 0.4) is 0 Å². The van der Waals surface area contributed by atoms with Gasteiger partial charge in [0.2, 0.25) is 0 Å². The fourth-order valence-electron chi connectivity index (χ4n) is 4.20. The first-order valence-corrected chi connectivity index (χ1v) is 10.9. The Labute approximate surface area is 183 Å². The van der Waals surface area contributed by atoms with Gasteiger partial charge >= 0.3 is 0 Å². The topological polar surface area (TPSA) is 57.4 Å². The number of nitrogens with one attached hydrogen (secondary N) is 1. The molecule has 1 atom stereocenters. The van der Waals surface area contributed by atoms with Gasteiger partial charge in [-0.3, -0.25) is 0 Å². The highest BCUT2D eigenvalue weighted by atomic mass is 16.3. The lowest BCUT2D eigenvalue weighted by molar-refractivity contribution is 0.152. The Morgan fingerprint density at radius 2 is 1.58 bits per heavy atom.